The molecule has 1 aliphatic carbocycles. The molecule has 0 amide bonds. The van der Waals surface area contributed by atoms with Gasteiger partial charge in [0.2, 0.25) is 0 Å². The third-order valence-corrected chi connectivity index (χ3v) is 3.77. The van der Waals surface area contributed by atoms with Gasteiger partial charge in [0.15, 0.2) is 0 Å². The first-order chi connectivity index (χ1) is 6.56. The third kappa shape index (κ3) is 2.29. The minimum Gasteiger partial charge on any atom is -0.329 e. The quantitative estimate of drug-likeness (QED) is 0.709. The van der Waals surface area contributed by atoms with Crippen molar-refractivity contribution in [2.45, 2.75) is 58.5 Å². The number of nitrogens with two attached hydrogens (primary N) is 1. The van der Waals surface area contributed by atoms with Gasteiger partial charge < -0.3 is 5.73 Å². The number of hydrogen-bond donors (Lipinski definition) is 1. The summed E-state index contributed by atoms with van der Waals surface area (Å²) < 4.78 is 0. The zero-order valence-electron chi connectivity index (χ0n) is 10.2. The zero-order chi connectivity index (χ0) is 10.8. The lowest BCUT2D eigenvalue weighted by molar-refractivity contribution is 0.0589. The fraction of sp³-hybridized carbons (Fsp3) is 1.00. The van der Waals surface area contributed by atoms with Gasteiger partial charge in [0.1, 0.15) is 0 Å². The Balaban J connectivity index is 2.70. The van der Waals surface area contributed by atoms with E-state index in [4.69, 9.17) is 5.73 Å². The molecular formula is C12H26N2. The summed E-state index contributed by atoms with van der Waals surface area (Å²) >= 11 is 0. The van der Waals surface area contributed by atoms with Crippen LogP contribution in [0.25, 0.3) is 0 Å². The first kappa shape index (κ1) is 12.0. The average Bonchev–Trinajstić information content (AvgIpc) is 2.96. The number of nitrogens with zero attached hydrogens (tertiary/aromatic N) is 1. The van der Waals surface area contributed by atoms with Crippen LogP contribution in [0.2, 0.25) is 0 Å². The van der Waals surface area contributed by atoms with Gasteiger partial charge in [-0.2, -0.15) is 0 Å². The van der Waals surface area contributed by atoms with E-state index in [9.17, 15) is 0 Å². The number of hydrogen-bond acceptors (Lipinski definition) is 2. The highest BCUT2D eigenvalue weighted by atomic mass is 15.3. The van der Waals surface area contributed by atoms with Crippen LogP contribution < -0.4 is 5.73 Å². The first-order valence-electron chi connectivity index (χ1n) is 6.03. The Morgan fingerprint density at radius 2 is 2.00 bits per heavy atom. The van der Waals surface area contributed by atoms with E-state index in [1.807, 2.05) is 0 Å². The van der Waals surface area contributed by atoms with Crippen LogP contribution in [0.4, 0.5) is 0 Å². The molecule has 0 aromatic heterocycles. The fourth-order valence-corrected chi connectivity index (χ4v) is 2.17. The van der Waals surface area contributed by atoms with Gasteiger partial charge in [-0.25, -0.2) is 0 Å². The van der Waals surface area contributed by atoms with E-state index in [1.165, 1.54) is 25.8 Å². The Morgan fingerprint density at radius 3 is 2.29 bits per heavy atom. The summed E-state index contributed by atoms with van der Waals surface area (Å²) in [5.41, 5.74) is 6.17. The van der Waals surface area contributed by atoms with E-state index in [1.54, 1.807) is 0 Å². The van der Waals surface area contributed by atoms with E-state index in [-0.39, 0.29) is 5.54 Å². The maximum atomic E-state index is 5.96. The minimum atomic E-state index is 0.206. The van der Waals surface area contributed by atoms with Gasteiger partial charge >= 0.3 is 0 Å². The van der Waals surface area contributed by atoms with Gasteiger partial charge in [-0.3, -0.25) is 4.90 Å². The highest BCUT2D eigenvalue weighted by Gasteiger charge is 2.41. The van der Waals surface area contributed by atoms with Gasteiger partial charge in [-0.15, -0.1) is 0 Å². The maximum absolute atomic E-state index is 5.96. The molecule has 2 N–H and O–H groups in total. The molecule has 0 aromatic rings. The summed E-state index contributed by atoms with van der Waals surface area (Å²) in [4.78, 5) is 2.65. The lowest BCUT2D eigenvalue weighted by Gasteiger charge is -2.44. The molecule has 2 nitrogen and oxygen atoms in total. The summed E-state index contributed by atoms with van der Waals surface area (Å²) in [6.45, 7) is 11.1. The third-order valence-electron chi connectivity index (χ3n) is 3.77. The van der Waals surface area contributed by atoms with Crippen LogP contribution in [0.1, 0.15) is 47.0 Å². The molecule has 0 heterocycles. The van der Waals surface area contributed by atoms with Crippen LogP contribution >= 0.6 is 0 Å². The van der Waals surface area contributed by atoms with Crippen molar-refractivity contribution in [3.05, 3.63) is 0 Å². The molecule has 0 aromatic carbocycles. The van der Waals surface area contributed by atoms with Crippen LogP contribution in [0.5, 0.6) is 0 Å². The Bertz CT molecular complexity index is 175. The predicted molar refractivity (Wildman–Crippen MR) is 62.3 cm³/mol. The monoisotopic (exact) mass is 198 g/mol. The lowest BCUT2D eigenvalue weighted by Crippen LogP contribution is -2.56. The second-order valence-corrected chi connectivity index (χ2v) is 5.14. The van der Waals surface area contributed by atoms with Crippen LogP contribution in [0.15, 0.2) is 0 Å². The second kappa shape index (κ2) is 4.63. The Labute approximate surface area is 88.8 Å². The molecule has 1 unspecified atom stereocenters. The Morgan fingerprint density at radius 1 is 1.43 bits per heavy atom. The average molecular weight is 198 g/mol. The van der Waals surface area contributed by atoms with Gasteiger partial charge in [-0.05, 0) is 38.6 Å². The molecule has 0 spiro atoms. The Kier molecular flexibility index (Phi) is 3.96. The van der Waals surface area contributed by atoms with Gasteiger partial charge in [0, 0.05) is 18.1 Å². The normalized spacial score (nSPS) is 21.6. The molecule has 0 bridgehead atoms. The van der Waals surface area contributed by atoms with E-state index >= 15 is 0 Å². The second-order valence-electron chi connectivity index (χ2n) is 5.14. The topological polar surface area (TPSA) is 29.3 Å². The van der Waals surface area contributed by atoms with Crippen LogP contribution in [0.3, 0.4) is 0 Å². The van der Waals surface area contributed by atoms with Crippen molar-refractivity contribution in [3.8, 4) is 0 Å². The van der Waals surface area contributed by atoms with Gasteiger partial charge in [0.25, 0.3) is 0 Å². The van der Waals surface area contributed by atoms with E-state index in [2.05, 4.69) is 32.6 Å². The van der Waals surface area contributed by atoms with E-state index in [0.29, 0.717) is 5.92 Å². The van der Waals surface area contributed by atoms with Crippen molar-refractivity contribution in [1.82, 2.24) is 4.90 Å². The summed E-state index contributed by atoms with van der Waals surface area (Å²) in [7, 11) is 0. The Hall–Kier alpha value is -0.0800. The maximum Gasteiger partial charge on any atom is 0.0329 e. The van der Waals surface area contributed by atoms with Crippen molar-refractivity contribution in [2.24, 2.45) is 11.7 Å². The molecule has 1 fully saturated rings. The van der Waals surface area contributed by atoms with Gasteiger partial charge in [-0.1, -0.05) is 20.8 Å². The number of rotatable bonds is 6. The van der Waals surface area contributed by atoms with Crippen LogP contribution in [0, 0.1) is 5.92 Å². The lowest BCUT2D eigenvalue weighted by atomic mass is 9.86. The van der Waals surface area contributed by atoms with Crippen molar-refractivity contribution in [3.63, 3.8) is 0 Å². The SMILES string of the molecule is CCCN(C1CC1)C(C)(CN)C(C)C. The standard InChI is InChI=1S/C12H26N2/c1-5-8-14(11-6-7-11)12(4,9-13)10(2)3/h10-11H,5-9,13H2,1-4H3. The zero-order valence-corrected chi connectivity index (χ0v) is 10.2. The largest absolute Gasteiger partial charge is 0.329 e. The smallest absolute Gasteiger partial charge is 0.0329 e. The molecular weight excluding hydrogens is 172 g/mol. The highest BCUT2D eigenvalue weighted by Crippen LogP contribution is 2.36. The van der Waals surface area contributed by atoms with Crippen molar-refractivity contribution < 1.29 is 0 Å². The van der Waals surface area contributed by atoms with E-state index in [0.717, 1.165) is 12.6 Å². The molecule has 1 saturated carbocycles. The van der Waals surface area contributed by atoms with Crippen molar-refractivity contribution in [1.29, 1.82) is 0 Å². The highest BCUT2D eigenvalue weighted by molar-refractivity contribution is 4.98. The summed E-state index contributed by atoms with van der Waals surface area (Å²) in [6.07, 6.45) is 3.99. The summed E-state index contributed by atoms with van der Waals surface area (Å²) in [5.74, 6) is 0.639. The van der Waals surface area contributed by atoms with Crippen molar-refractivity contribution >= 4 is 0 Å². The molecule has 2 heteroatoms. The summed E-state index contributed by atoms with van der Waals surface area (Å²) in [5, 5.41) is 0. The predicted octanol–water partition coefficient (Wildman–Crippen LogP) is 2.23. The molecule has 0 saturated heterocycles. The molecule has 1 rings (SSSR count). The minimum absolute atomic E-state index is 0.206. The molecule has 0 aliphatic heterocycles. The fourth-order valence-electron chi connectivity index (χ4n) is 2.17. The summed E-state index contributed by atoms with van der Waals surface area (Å²) in [6, 6.07) is 0.825. The van der Waals surface area contributed by atoms with E-state index < -0.39 is 0 Å². The molecule has 1 aliphatic rings. The molecule has 14 heavy (non-hydrogen) atoms. The molecule has 1 atom stereocenters. The molecule has 84 valence electrons. The first-order valence-corrected chi connectivity index (χ1v) is 6.03. The van der Waals surface area contributed by atoms with Crippen LogP contribution in [-0.4, -0.2) is 29.6 Å². The van der Waals surface area contributed by atoms with Crippen LogP contribution in [-0.2, 0) is 0 Å². The molecule has 0 radical (unpaired) electrons. The van der Waals surface area contributed by atoms with Gasteiger partial charge in [0.05, 0.1) is 0 Å². The van der Waals surface area contributed by atoms with Crippen molar-refractivity contribution in [2.75, 3.05) is 13.1 Å².